The fourth-order valence-electron chi connectivity index (χ4n) is 2.45. The number of H-pyrrole nitrogens is 1. The number of carbonyl (C=O) groups excluding carboxylic acids is 1. The van der Waals surface area contributed by atoms with Crippen molar-refractivity contribution in [2.24, 2.45) is 5.92 Å². The number of aromatic amines is 1. The molecule has 0 bridgehead atoms. The highest BCUT2D eigenvalue weighted by Gasteiger charge is 2.23. The number of para-hydroxylation sites is 2. The maximum Gasteiger partial charge on any atom is 0.253 e. The molecule has 0 fully saturated rings. The molecule has 0 unspecified atom stereocenters. The van der Waals surface area contributed by atoms with E-state index in [1.165, 1.54) is 6.20 Å². The monoisotopic (exact) mass is 328 g/mol. The molecule has 1 aromatic carbocycles. The van der Waals surface area contributed by atoms with E-state index in [1.807, 2.05) is 38.1 Å². The van der Waals surface area contributed by atoms with Crippen LogP contribution < -0.4 is 5.32 Å². The Kier molecular flexibility index (Phi) is 4.30. The van der Waals surface area contributed by atoms with Gasteiger partial charge >= 0.3 is 0 Å². The Morgan fingerprint density at radius 1 is 1.26 bits per heavy atom. The van der Waals surface area contributed by atoms with Crippen molar-refractivity contribution in [2.45, 2.75) is 19.9 Å². The average molecular weight is 329 g/mol. The van der Waals surface area contributed by atoms with E-state index in [-0.39, 0.29) is 17.9 Å². The number of carbonyl (C=O) groups is 1. The second kappa shape index (κ2) is 6.38. The van der Waals surface area contributed by atoms with Crippen molar-refractivity contribution >= 4 is 28.5 Å². The number of nitrogens with zero attached hydrogens (tertiary/aromatic N) is 2. The number of pyridine rings is 1. The van der Waals surface area contributed by atoms with Crippen molar-refractivity contribution in [1.82, 2.24) is 20.3 Å². The molecule has 1 amide bonds. The Bertz CT molecular complexity index is 810. The van der Waals surface area contributed by atoms with Crippen LogP contribution in [0.3, 0.4) is 0 Å². The van der Waals surface area contributed by atoms with Gasteiger partial charge in [-0.1, -0.05) is 37.6 Å². The topological polar surface area (TPSA) is 70.7 Å². The molecule has 0 aliphatic heterocycles. The van der Waals surface area contributed by atoms with Crippen LogP contribution in [0.2, 0.25) is 5.02 Å². The quantitative estimate of drug-likeness (QED) is 0.766. The van der Waals surface area contributed by atoms with Crippen LogP contribution in [0.25, 0.3) is 11.0 Å². The lowest BCUT2D eigenvalue weighted by Gasteiger charge is -2.20. The van der Waals surface area contributed by atoms with Crippen molar-refractivity contribution in [1.29, 1.82) is 0 Å². The normalized spacial score (nSPS) is 12.5. The van der Waals surface area contributed by atoms with Crippen molar-refractivity contribution in [2.75, 3.05) is 0 Å². The second-order valence-corrected chi connectivity index (χ2v) is 6.10. The Morgan fingerprint density at radius 3 is 2.74 bits per heavy atom. The molecule has 0 saturated heterocycles. The molecule has 3 aromatic rings. The van der Waals surface area contributed by atoms with Crippen LogP contribution in [-0.4, -0.2) is 20.9 Å². The minimum atomic E-state index is -0.239. The molecule has 0 aliphatic rings. The average Bonchev–Trinajstić information content (AvgIpc) is 2.96. The zero-order chi connectivity index (χ0) is 16.4. The number of imidazole rings is 1. The maximum atomic E-state index is 12.5. The molecular formula is C17H17ClN4O. The summed E-state index contributed by atoms with van der Waals surface area (Å²) in [6.45, 7) is 4.07. The highest BCUT2D eigenvalue weighted by Crippen LogP contribution is 2.23. The van der Waals surface area contributed by atoms with Gasteiger partial charge in [0.25, 0.3) is 5.91 Å². The van der Waals surface area contributed by atoms with Gasteiger partial charge in [0.2, 0.25) is 0 Å². The first-order valence-electron chi connectivity index (χ1n) is 7.41. The summed E-state index contributed by atoms with van der Waals surface area (Å²) >= 11 is 6.05. The number of aromatic nitrogens is 3. The number of fused-ring (bicyclic) bond motifs is 1. The van der Waals surface area contributed by atoms with Crippen LogP contribution in [0, 0.1) is 5.92 Å². The van der Waals surface area contributed by atoms with Gasteiger partial charge in [0, 0.05) is 12.4 Å². The largest absolute Gasteiger partial charge is 0.342 e. The summed E-state index contributed by atoms with van der Waals surface area (Å²) in [6.07, 6.45) is 3.01. The molecule has 3 rings (SSSR count). The fourth-order valence-corrected chi connectivity index (χ4v) is 2.65. The van der Waals surface area contributed by atoms with Crippen LogP contribution in [0.15, 0.2) is 42.7 Å². The number of halogens is 1. The van der Waals surface area contributed by atoms with Gasteiger partial charge in [-0.3, -0.25) is 9.78 Å². The molecule has 2 aromatic heterocycles. The highest BCUT2D eigenvalue weighted by molar-refractivity contribution is 6.33. The van der Waals surface area contributed by atoms with Gasteiger partial charge in [-0.15, -0.1) is 0 Å². The van der Waals surface area contributed by atoms with Gasteiger partial charge in [0.05, 0.1) is 27.7 Å². The van der Waals surface area contributed by atoms with Crippen molar-refractivity contribution < 1.29 is 4.79 Å². The van der Waals surface area contributed by atoms with Crippen molar-refractivity contribution in [3.8, 4) is 0 Å². The molecule has 0 radical (unpaired) electrons. The molecule has 0 spiro atoms. The predicted molar refractivity (Wildman–Crippen MR) is 90.4 cm³/mol. The van der Waals surface area contributed by atoms with E-state index < -0.39 is 0 Å². The first kappa shape index (κ1) is 15.5. The third kappa shape index (κ3) is 3.19. The van der Waals surface area contributed by atoms with Crippen molar-refractivity contribution in [3.63, 3.8) is 0 Å². The minimum absolute atomic E-state index is 0.167. The first-order valence-corrected chi connectivity index (χ1v) is 7.79. The SMILES string of the molecule is CC(C)[C@H](NC(=O)c1ccncc1Cl)c1nc2ccccc2[nH]1. The van der Waals surface area contributed by atoms with E-state index in [4.69, 9.17) is 11.6 Å². The lowest BCUT2D eigenvalue weighted by Crippen LogP contribution is -2.32. The Balaban J connectivity index is 1.90. The molecule has 5 nitrogen and oxygen atoms in total. The van der Waals surface area contributed by atoms with Gasteiger partial charge in [0.15, 0.2) is 0 Å². The maximum absolute atomic E-state index is 12.5. The Morgan fingerprint density at radius 2 is 2.04 bits per heavy atom. The second-order valence-electron chi connectivity index (χ2n) is 5.69. The third-order valence-electron chi connectivity index (χ3n) is 3.67. The van der Waals surface area contributed by atoms with Gasteiger partial charge in [-0.2, -0.15) is 0 Å². The van der Waals surface area contributed by atoms with E-state index >= 15 is 0 Å². The lowest BCUT2D eigenvalue weighted by molar-refractivity contribution is 0.0923. The van der Waals surface area contributed by atoms with Gasteiger partial charge in [-0.25, -0.2) is 4.98 Å². The number of amides is 1. The van der Waals surface area contributed by atoms with Gasteiger partial charge < -0.3 is 10.3 Å². The van der Waals surface area contributed by atoms with Gasteiger partial charge in [-0.05, 0) is 24.1 Å². The summed E-state index contributed by atoms with van der Waals surface area (Å²) in [5, 5.41) is 3.34. The predicted octanol–water partition coefficient (Wildman–Crippen LogP) is 3.74. The summed E-state index contributed by atoms with van der Waals surface area (Å²) < 4.78 is 0. The van der Waals surface area contributed by atoms with Crippen LogP contribution in [0.1, 0.15) is 36.1 Å². The van der Waals surface area contributed by atoms with Crippen LogP contribution in [0.4, 0.5) is 0 Å². The Hall–Kier alpha value is -2.40. The van der Waals surface area contributed by atoms with E-state index in [2.05, 4.69) is 20.3 Å². The summed E-state index contributed by atoms with van der Waals surface area (Å²) in [5.74, 6) is 0.663. The number of hydrogen-bond donors (Lipinski definition) is 2. The zero-order valence-corrected chi connectivity index (χ0v) is 13.6. The smallest absolute Gasteiger partial charge is 0.253 e. The van der Waals surface area contributed by atoms with E-state index in [9.17, 15) is 4.79 Å². The fraction of sp³-hybridized carbons (Fsp3) is 0.235. The summed E-state index contributed by atoms with van der Waals surface area (Å²) in [6, 6.07) is 9.16. The van der Waals surface area contributed by atoms with Gasteiger partial charge in [0.1, 0.15) is 5.82 Å². The van der Waals surface area contributed by atoms with E-state index in [0.717, 1.165) is 16.9 Å². The van der Waals surface area contributed by atoms with Crippen LogP contribution in [0.5, 0.6) is 0 Å². The molecule has 6 heteroatoms. The zero-order valence-electron chi connectivity index (χ0n) is 12.9. The summed E-state index contributed by atoms with van der Waals surface area (Å²) in [5.41, 5.74) is 2.23. The highest BCUT2D eigenvalue weighted by atomic mass is 35.5. The third-order valence-corrected chi connectivity index (χ3v) is 3.97. The minimum Gasteiger partial charge on any atom is -0.342 e. The molecule has 0 saturated carbocycles. The Labute approximate surface area is 139 Å². The van der Waals surface area contributed by atoms with Crippen molar-refractivity contribution in [3.05, 3.63) is 59.1 Å². The van der Waals surface area contributed by atoms with E-state index in [1.54, 1.807) is 12.3 Å². The number of benzene rings is 1. The first-order chi connectivity index (χ1) is 11.1. The number of hydrogen-bond acceptors (Lipinski definition) is 3. The standard InChI is InChI=1S/C17H17ClN4O/c1-10(2)15(16-20-13-5-3-4-6-14(13)21-16)22-17(23)11-7-8-19-9-12(11)18/h3-10,15H,1-2H3,(H,20,21)(H,22,23)/t15-/m0/s1. The van der Waals surface area contributed by atoms with Crippen LogP contribution in [-0.2, 0) is 0 Å². The summed E-state index contributed by atoms with van der Waals surface area (Å²) in [4.78, 5) is 24.3. The lowest BCUT2D eigenvalue weighted by atomic mass is 10.0. The summed E-state index contributed by atoms with van der Waals surface area (Å²) in [7, 11) is 0. The molecule has 118 valence electrons. The number of nitrogens with one attached hydrogen (secondary N) is 2. The molecule has 2 N–H and O–H groups in total. The molecule has 23 heavy (non-hydrogen) atoms. The van der Waals surface area contributed by atoms with E-state index in [0.29, 0.717) is 10.6 Å². The molecule has 0 aliphatic carbocycles. The molecule has 1 atom stereocenters. The molecule has 2 heterocycles. The number of rotatable bonds is 4. The van der Waals surface area contributed by atoms with Crippen LogP contribution >= 0.6 is 11.6 Å². The molecular weight excluding hydrogens is 312 g/mol.